The Bertz CT molecular complexity index is 716. The van der Waals surface area contributed by atoms with Gasteiger partial charge in [-0.25, -0.2) is 13.1 Å². The molecule has 0 aliphatic heterocycles. The predicted molar refractivity (Wildman–Crippen MR) is 75.7 cm³/mol. The summed E-state index contributed by atoms with van der Waals surface area (Å²) in [7, 11) is -1.78. The van der Waals surface area contributed by atoms with Crippen molar-refractivity contribution in [3.63, 3.8) is 0 Å². The first kappa shape index (κ1) is 14.2. The minimum Gasteiger partial charge on any atom is -0.363 e. The fourth-order valence-electron chi connectivity index (χ4n) is 1.93. The summed E-state index contributed by atoms with van der Waals surface area (Å²) in [4.78, 5) is 3.22. The molecule has 21 heavy (non-hydrogen) atoms. The van der Waals surface area contributed by atoms with Crippen molar-refractivity contribution in [1.29, 1.82) is 0 Å². The Hall–Kier alpha value is -1.71. The van der Waals surface area contributed by atoms with Crippen molar-refractivity contribution in [3.05, 3.63) is 30.1 Å². The molecule has 114 valence electrons. The van der Waals surface area contributed by atoms with Gasteiger partial charge in [-0.15, -0.1) is 10.2 Å². The van der Waals surface area contributed by atoms with Gasteiger partial charge in [0.25, 0.3) is 0 Å². The Morgan fingerprint density at radius 2 is 2.24 bits per heavy atom. The van der Waals surface area contributed by atoms with Crippen molar-refractivity contribution in [1.82, 2.24) is 29.8 Å². The average Bonchev–Trinajstić information content (AvgIpc) is 2.98. The molecule has 1 fully saturated rings. The molecule has 0 atom stereocenters. The second-order valence-electron chi connectivity index (χ2n) is 5.20. The largest absolute Gasteiger partial charge is 0.363 e. The molecule has 0 spiro atoms. The molecule has 0 saturated heterocycles. The zero-order chi connectivity index (χ0) is 14.9. The molecule has 1 aliphatic rings. The van der Waals surface area contributed by atoms with Gasteiger partial charge in [0.1, 0.15) is 12.2 Å². The number of hydrogen-bond donors (Lipinski definition) is 3. The van der Waals surface area contributed by atoms with Crippen molar-refractivity contribution in [2.45, 2.75) is 36.9 Å². The summed E-state index contributed by atoms with van der Waals surface area (Å²) in [6, 6.07) is 2.23. The fraction of sp³-hybridized carbons (Fsp3) is 0.500. The van der Waals surface area contributed by atoms with Crippen LogP contribution in [-0.4, -0.2) is 34.2 Å². The van der Waals surface area contributed by atoms with E-state index < -0.39 is 10.0 Å². The van der Waals surface area contributed by atoms with Gasteiger partial charge in [-0.05, 0) is 18.9 Å². The summed E-state index contributed by atoms with van der Waals surface area (Å²) in [6.07, 6.45) is 5.43. The number of nitrogens with one attached hydrogen (secondary N) is 3. The SMILES string of the molecule is Cn1cnnc1CNS(=O)(=O)c1c[nH]c(CNC2CC2)c1. The molecule has 2 aromatic heterocycles. The summed E-state index contributed by atoms with van der Waals surface area (Å²) in [5.74, 6) is 0.560. The highest BCUT2D eigenvalue weighted by atomic mass is 32.2. The highest BCUT2D eigenvalue weighted by Crippen LogP contribution is 2.19. The van der Waals surface area contributed by atoms with E-state index in [1.165, 1.54) is 25.4 Å². The topological polar surface area (TPSA) is 105 Å². The Morgan fingerprint density at radius 3 is 2.90 bits per heavy atom. The van der Waals surface area contributed by atoms with Crippen molar-refractivity contribution in [2.24, 2.45) is 7.05 Å². The van der Waals surface area contributed by atoms with Crippen molar-refractivity contribution in [2.75, 3.05) is 0 Å². The van der Waals surface area contributed by atoms with E-state index in [4.69, 9.17) is 0 Å². The van der Waals surface area contributed by atoms with Crippen LogP contribution in [0.1, 0.15) is 24.4 Å². The Kier molecular flexibility index (Phi) is 3.79. The molecule has 0 radical (unpaired) electrons. The number of aromatic nitrogens is 4. The minimum absolute atomic E-state index is 0.111. The molecule has 1 aliphatic carbocycles. The average molecular weight is 310 g/mol. The van der Waals surface area contributed by atoms with E-state index in [1.54, 1.807) is 17.7 Å². The smallest absolute Gasteiger partial charge is 0.242 e. The number of aryl methyl sites for hydroxylation is 1. The zero-order valence-corrected chi connectivity index (χ0v) is 12.5. The molecule has 8 nitrogen and oxygen atoms in total. The first-order valence-electron chi connectivity index (χ1n) is 6.78. The van der Waals surface area contributed by atoms with Crippen LogP contribution in [-0.2, 0) is 30.2 Å². The first-order chi connectivity index (χ1) is 10.0. The Labute approximate surface area is 123 Å². The second-order valence-corrected chi connectivity index (χ2v) is 6.97. The molecule has 2 aromatic rings. The summed E-state index contributed by atoms with van der Waals surface area (Å²) in [5, 5.41) is 10.9. The molecule has 0 unspecified atom stereocenters. The summed E-state index contributed by atoms with van der Waals surface area (Å²) in [6.45, 7) is 0.767. The minimum atomic E-state index is -3.55. The third-order valence-corrected chi connectivity index (χ3v) is 4.79. The first-order valence-corrected chi connectivity index (χ1v) is 8.26. The van der Waals surface area contributed by atoms with E-state index in [9.17, 15) is 8.42 Å². The number of aromatic amines is 1. The molecule has 9 heteroatoms. The predicted octanol–water partition coefficient (Wildman–Crippen LogP) is -0.126. The summed E-state index contributed by atoms with van der Waals surface area (Å²) < 4.78 is 28.6. The highest BCUT2D eigenvalue weighted by molar-refractivity contribution is 7.89. The van der Waals surface area contributed by atoms with Gasteiger partial charge >= 0.3 is 0 Å². The molecule has 1 saturated carbocycles. The van der Waals surface area contributed by atoms with E-state index in [1.807, 2.05) is 0 Å². The normalized spacial score (nSPS) is 15.5. The standard InChI is InChI=1S/C12H18N6O2S/c1-18-8-15-17-12(18)7-16-21(19,20)11-4-10(14-6-11)5-13-9-2-3-9/h4,6,8-9,13-14,16H,2-3,5,7H2,1H3. The summed E-state index contributed by atoms with van der Waals surface area (Å²) in [5.41, 5.74) is 0.862. The lowest BCUT2D eigenvalue weighted by molar-refractivity contribution is 0.577. The lowest BCUT2D eigenvalue weighted by atomic mass is 10.4. The number of rotatable bonds is 7. The second kappa shape index (κ2) is 5.58. The highest BCUT2D eigenvalue weighted by Gasteiger charge is 2.21. The van der Waals surface area contributed by atoms with Crippen LogP contribution in [0, 0.1) is 0 Å². The van der Waals surface area contributed by atoms with Crippen LogP contribution in [0.3, 0.4) is 0 Å². The van der Waals surface area contributed by atoms with Crippen molar-refractivity contribution >= 4 is 10.0 Å². The lowest BCUT2D eigenvalue weighted by Gasteiger charge is -2.04. The van der Waals surface area contributed by atoms with E-state index >= 15 is 0 Å². The lowest BCUT2D eigenvalue weighted by Crippen LogP contribution is -2.24. The van der Waals surface area contributed by atoms with Gasteiger partial charge in [0, 0.05) is 31.5 Å². The van der Waals surface area contributed by atoms with Gasteiger partial charge < -0.3 is 14.9 Å². The fourth-order valence-corrected chi connectivity index (χ4v) is 2.93. The van der Waals surface area contributed by atoms with Gasteiger partial charge in [0.2, 0.25) is 10.0 Å². The molecule has 0 amide bonds. The third kappa shape index (κ3) is 3.49. The van der Waals surface area contributed by atoms with Gasteiger partial charge in [-0.3, -0.25) is 0 Å². The number of hydrogen-bond acceptors (Lipinski definition) is 5. The van der Waals surface area contributed by atoms with Crippen molar-refractivity contribution in [3.8, 4) is 0 Å². The molecule has 0 aromatic carbocycles. The van der Waals surface area contributed by atoms with Gasteiger partial charge in [-0.2, -0.15) is 0 Å². The molecular formula is C12H18N6O2S. The van der Waals surface area contributed by atoms with E-state index in [2.05, 4.69) is 25.2 Å². The Morgan fingerprint density at radius 1 is 1.43 bits per heavy atom. The van der Waals surface area contributed by atoms with Gasteiger partial charge in [0.15, 0.2) is 0 Å². The maximum absolute atomic E-state index is 12.2. The van der Waals surface area contributed by atoms with Crippen LogP contribution < -0.4 is 10.0 Å². The van der Waals surface area contributed by atoms with E-state index in [0.717, 1.165) is 5.69 Å². The van der Waals surface area contributed by atoms with Crippen LogP contribution in [0.2, 0.25) is 0 Å². The van der Waals surface area contributed by atoms with E-state index in [-0.39, 0.29) is 11.4 Å². The van der Waals surface area contributed by atoms with Crippen LogP contribution in [0.5, 0.6) is 0 Å². The van der Waals surface area contributed by atoms with E-state index in [0.29, 0.717) is 18.4 Å². The number of sulfonamides is 1. The van der Waals surface area contributed by atoms with Gasteiger partial charge in [0.05, 0.1) is 11.4 Å². The quantitative estimate of drug-likeness (QED) is 0.661. The molecule has 3 N–H and O–H groups in total. The van der Waals surface area contributed by atoms with Gasteiger partial charge in [-0.1, -0.05) is 0 Å². The van der Waals surface area contributed by atoms with Crippen molar-refractivity contribution < 1.29 is 8.42 Å². The van der Waals surface area contributed by atoms with Crippen LogP contribution >= 0.6 is 0 Å². The van der Waals surface area contributed by atoms with Crippen LogP contribution in [0.4, 0.5) is 0 Å². The molecule has 2 heterocycles. The third-order valence-electron chi connectivity index (χ3n) is 3.41. The molecule has 0 bridgehead atoms. The molecular weight excluding hydrogens is 292 g/mol. The maximum Gasteiger partial charge on any atom is 0.242 e. The van der Waals surface area contributed by atoms with Crippen LogP contribution in [0.15, 0.2) is 23.5 Å². The monoisotopic (exact) mass is 310 g/mol. The zero-order valence-electron chi connectivity index (χ0n) is 11.7. The number of nitrogens with zero attached hydrogens (tertiary/aromatic N) is 3. The summed E-state index contributed by atoms with van der Waals surface area (Å²) >= 11 is 0. The Balaban J connectivity index is 1.62. The van der Waals surface area contributed by atoms with Crippen LogP contribution in [0.25, 0.3) is 0 Å². The molecule has 3 rings (SSSR count). The maximum atomic E-state index is 12.2. The number of H-pyrrole nitrogens is 1.